The molecule has 2 heterocycles. The van der Waals surface area contributed by atoms with Gasteiger partial charge in [0.25, 0.3) is 10.0 Å². The first kappa shape index (κ1) is 21.6. The molecule has 1 saturated heterocycles. The van der Waals surface area contributed by atoms with Crippen molar-refractivity contribution in [1.82, 2.24) is 4.90 Å². The van der Waals surface area contributed by atoms with E-state index in [-0.39, 0.29) is 16.5 Å². The van der Waals surface area contributed by atoms with Gasteiger partial charge in [0.1, 0.15) is 5.82 Å². The van der Waals surface area contributed by atoms with Crippen molar-refractivity contribution in [2.45, 2.75) is 22.0 Å². The number of sulfonamides is 1. The standard InChI is InChI=1S/C20H20FN3O5S2/c1-12-2-3-13(10-15(12)21)23-31(27,28)14-4-5-17-16(11-14)22-19(25)18(30-17)20(26)24-6-8-29-9-7-24/h2-5,10-11,18,23H,6-9H2,1H3,(H,22,25)/t18-/m1/s1. The van der Waals surface area contributed by atoms with Crippen molar-refractivity contribution in [1.29, 1.82) is 0 Å². The zero-order valence-corrected chi connectivity index (χ0v) is 18.2. The van der Waals surface area contributed by atoms with Gasteiger partial charge in [-0.05, 0) is 42.8 Å². The minimum atomic E-state index is -4.01. The summed E-state index contributed by atoms with van der Waals surface area (Å²) in [7, 11) is -4.01. The van der Waals surface area contributed by atoms with E-state index in [1.54, 1.807) is 17.9 Å². The Hall–Kier alpha value is -2.63. The van der Waals surface area contributed by atoms with Crippen LogP contribution >= 0.6 is 11.8 Å². The molecule has 0 aliphatic carbocycles. The van der Waals surface area contributed by atoms with Crippen LogP contribution in [0.2, 0.25) is 0 Å². The summed E-state index contributed by atoms with van der Waals surface area (Å²) in [6, 6.07) is 8.29. The lowest BCUT2D eigenvalue weighted by atomic mass is 10.2. The number of benzene rings is 2. The number of amides is 2. The predicted octanol–water partition coefficient (Wildman–Crippen LogP) is 2.21. The van der Waals surface area contributed by atoms with Gasteiger partial charge in [0.05, 0.1) is 29.5 Å². The van der Waals surface area contributed by atoms with E-state index in [1.165, 1.54) is 24.3 Å². The van der Waals surface area contributed by atoms with E-state index in [1.807, 2.05) is 0 Å². The SMILES string of the molecule is Cc1ccc(NS(=O)(=O)c2ccc3c(c2)NC(=O)[C@H](C(=O)N2CCOCC2)S3)cc1F. The fraction of sp³-hybridized carbons (Fsp3) is 0.300. The van der Waals surface area contributed by atoms with E-state index < -0.39 is 27.0 Å². The molecular formula is C20H20FN3O5S2. The summed E-state index contributed by atoms with van der Waals surface area (Å²) in [4.78, 5) is 27.3. The van der Waals surface area contributed by atoms with Crippen molar-refractivity contribution in [2.24, 2.45) is 0 Å². The molecule has 0 radical (unpaired) electrons. The zero-order valence-electron chi connectivity index (χ0n) is 16.6. The summed E-state index contributed by atoms with van der Waals surface area (Å²) in [5, 5.41) is 1.69. The van der Waals surface area contributed by atoms with Crippen LogP contribution in [0.3, 0.4) is 0 Å². The van der Waals surface area contributed by atoms with Gasteiger partial charge in [-0.3, -0.25) is 14.3 Å². The van der Waals surface area contributed by atoms with Crippen LogP contribution in [0.5, 0.6) is 0 Å². The number of thioether (sulfide) groups is 1. The minimum Gasteiger partial charge on any atom is -0.378 e. The molecule has 0 bridgehead atoms. The number of aryl methyl sites for hydroxylation is 1. The van der Waals surface area contributed by atoms with Crippen LogP contribution in [-0.2, 0) is 24.3 Å². The van der Waals surface area contributed by atoms with Gasteiger partial charge < -0.3 is 15.0 Å². The van der Waals surface area contributed by atoms with Crippen molar-refractivity contribution >= 4 is 45.0 Å². The molecule has 11 heteroatoms. The van der Waals surface area contributed by atoms with Crippen LogP contribution in [-0.4, -0.2) is 56.7 Å². The highest BCUT2D eigenvalue weighted by Crippen LogP contribution is 2.38. The molecule has 2 aliphatic rings. The Morgan fingerprint density at radius 3 is 2.68 bits per heavy atom. The molecule has 1 fully saturated rings. The maximum absolute atomic E-state index is 13.7. The highest BCUT2D eigenvalue weighted by Gasteiger charge is 2.36. The normalized spacial score (nSPS) is 18.8. The number of rotatable bonds is 4. The average Bonchev–Trinajstić information content (AvgIpc) is 2.75. The Morgan fingerprint density at radius 1 is 1.23 bits per heavy atom. The topological polar surface area (TPSA) is 105 Å². The number of nitrogens with zero attached hydrogens (tertiary/aromatic N) is 1. The molecule has 164 valence electrons. The van der Waals surface area contributed by atoms with Crippen LogP contribution in [0.15, 0.2) is 46.2 Å². The monoisotopic (exact) mass is 465 g/mol. The number of hydrogen-bond donors (Lipinski definition) is 2. The van der Waals surface area contributed by atoms with Gasteiger partial charge in [-0.1, -0.05) is 6.07 Å². The number of nitrogens with one attached hydrogen (secondary N) is 2. The Labute approximate surface area is 183 Å². The Bertz CT molecular complexity index is 1150. The lowest BCUT2D eigenvalue weighted by Crippen LogP contribution is -2.49. The number of anilines is 2. The maximum atomic E-state index is 13.7. The van der Waals surface area contributed by atoms with Crippen LogP contribution < -0.4 is 10.0 Å². The highest BCUT2D eigenvalue weighted by molar-refractivity contribution is 8.01. The summed E-state index contributed by atoms with van der Waals surface area (Å²) in [5.41, 5.74) is 0.798. The predicted molar refractivity (Wildman–Crippen MR) is 114 cm³/mol. The van der Waals surface area contributed by atoms with Gasteiger partial charge in [0.2, 0.25) is 11.8 Å². The molecule has 0 unspecified atom stereocenters. The van der Waals surface area contributed by atoms with Crippen molar-refractivity contribution in [3.63, 3.8) is 0 Å². The first-order valence-electron chi connectivity index (χ1n) is 9.52. The van der Waals surface area contributed by atoms with Crippen LogP contribution in [0.25, 0.3) is 0 Å². The fourth-order valence-corrected chi connectivity index (χ4v) is 5.37. The summed E-state index contributed by atoms with van der Waals surface area (Å²) in [6.07, 6.45) is 0. The molecule has 2 N–H and O–H groups in total. The second-order valence-corrected chi connectivity index (χ2v) is 9.98. The number of halogens is 1. The van der Waals surface area contributed by atoms with Crippen molar-refractivity contribution in [3.05, 3.63) is 47.8 Å². The largest absolute Gasteiger partial charge is 0.378 e. The third-order valence-corrected chi connectivity index (χ3v) is 7.61. The molecule has 4 rings (SSSR count). The molecule has 8 nitrogen and oxygen atoms in total. The average molecular weight is 466 g/mol. The second kappa shape index (κ2) is 8.48. The van der Waals surface area contributed by atoms with Crippen molar-refractivity contribution in [2.75, 3.05) is 36.3 Å². The molecule has 2 amide bonds. The Balaban J connectivity index is 1.54. The van der Waals surface area contributed by atoms with Crippen LogP contribution in [0.4, 0.5) is 15.8 Å². The summed E-state index contributed by atoms with van der Waals surface area (Å²) in [6.45, 7) is 3.30. The molecule has 2 aliphatic heterocycles. The van der Waals surface area contributed by atoms with Gasteiger partial charge >= 0.3 is 0 Å². The van der Waals surface area contributed by atoms with Gasteiger partial charge in [0.15, 0.2) is 5.25 Å². The van der Waals surface area contributed by atoms with Crippen molar-refractivity contribution in [3.8, 4) is 0 Å². The van der Waals surface area contributed by atoms with E-state index in [0.29, 0.717) is 42.4 Å². The molecule has 1 atom stereocenters. The molecule has 2 aromatic carbocycles. The number of ether oxygens (including phenoxy) is 1. The first-order valence-corrected chi connectivity index (χ1v) is 11.9. The van der Waals surface area contributed by atoms with E-state index in [9.17, 15) is 22.4 Å². The van der Waals surface area contributed by atoms with E-state index in [0.717, 1.165) is 17.8 Å². The number of carbonyl (C=O) groups excluding carboxylic acids is 2. The van der Waals surface area contributed by atoms with Gasteiger partial charge in [-0.25, -0.2) is 12.8 Å². The Morgan fingerprint density at radius 2 is 1.97 bits per heavy atom. The fourth-order valence-electron chi connectivity index (χ4n) is 3.24. The number of hydrogen-bond acceptors (Lipinski definition) is 6. The molecule has 0 spiro atoms. The number of morpholine rings is 1. The van der Waals surface area contributed by atoms with Gasteiger partial charge in [-0.2, -0.15) is 0 Å². The second-order valence-electron chi connectivity index (χ2n) is 7.15. The quantitative estimate of drug-likeness (QED) is 0.671. The van der Waals surface area contributed by atoms with E-state index in [4.69, 9.17) is 4.74 Å². The third kappa shape index (κ3) is 4.53. The Kier molecular flexibility index (Phi) is 5.91. The summed E-state index contributed by atoms with van der Waals surface area (Å²) >= 11 is 1.08. The third-order valence-electron chi connectivity index (χ3n) is 4.97. The molecule has 0 aromatic heterocycles. The lowest BCUT2D eigenvalue weighted by Gasteiger charge is -2.31. The lowest BCUT2D eigenvalue weighted by molar-refractivity contribution is -0.137. The number of carbonyl (C=O) groups is 2. The summed E-state index contributed by atoms with van der Waals surface area (Å²) < 4.78 is 46.7. The van der Waals surface area contributed by atoms with E-state index in [2.05, 4.69) is 10.0 Å². The van der Waals surface area contributed by atoms with Crippen LogP contribution in [0.1, 0.15) is 5.56 Å². The van der Waals surface area contributed by atoms with Gasteiger partial charge in [-0.15, -0.1) is 11.8 Å². The van der Waals surface area contributed by atoms with Crippen molar-refractivity contribution < 1.29 is 27.1 Å². The highest BCUT2D eigenvalue weighted by atomic mass is 32.2. The summed E-state index contributed by atoms with van der Waals surface area (Å²) in [5.74, 6) is -1.32. The number of fused-ring (bicyclic) bond motifs is 1. The van der Waals surface area contributed by atoms with E-state index >= 15 is 0 Å². The minimum absolute atomic E-state index is 0.0916. The molecule has 31 heavy (non-hydrogen) atoms. The molecular weight excluding hydrogens is 445 g/mol. The van der Waals surface area contributed by atoms with Crippen LogP contribution in [0, 0.1) is 12.7 Å². The first-order chi connectivity index (χ1) is 14.7. The van der Waals surface area contributed by atoms with Gasteiger partial charge in [0, 0.05) is 18.0 Å². The maximum Gasteiger partial charge on any atom is 0.261 e. The molecule has 2 aromatic rings. The molecule has 0 saturated carbocycles. The smallest absolute Gasteiger partial charge is 0.261 e. The zero-order chi connectivity index (χ0) is 22.2.